The second-order valence-electron chi connectivity index (χ2n) is 4.17. The number of ether oxygens (including phenoxy) is 1. The van der Waals surface area contributed by atoms with Gasteiger partial charge in [0.1, 0.15) is 5.15 Å². The first-order valence-electron chi connectivity index (χ1n) is 5.85. The largest absolute Gasteiger partial charge is 0.504 e. The molecule has 0 saturated heterocycles. The Morgan fingerprint density at radius 1 is 1.32 bits per heavy atom. The molecule has 19 heavy (non-hydrogen) atoms. The fraction of sp³-hybridized carbons (Fsp3) is 0.214. The van der Waals surface area contributed by atoms with Gasteiger partial charge in [-0.05, 0) is 36.8 Å². The second-order valence-corrected chi connectivity index (χ2v) is 4.55. The van der Waals surface area contributed by atoms with E-state index in [2.05, 4.69) is 10.3 Å². The predicted octanol–water partition coefficient (Wildman–Crippen LogP) is 3.62. The first-order valence-corrected chi connectivity index (χ1v) is 6.23. The zero-order valence-electron chi connectivity index (χ0n) is 10.7. The van der Waals surface area contributed by atoms with E-state index in [1.54, 1.807) is 24.4 Å². The van der Waals surface area contributed by atoms with Gasteiger partial charge >= 0.3 is 0 Å². The van der Waals surface area contributed by atoms with Crippen molar-refractivity contribution in [2.24, 2.45) is 0 Å². The Labute approximate surface area is 117 Å². The molecular formula is C14H15ClN2O2. The monoisotopic (exact) mass is 278 g/mol. The molecule has 1 atom stereocenters. The Morgan fingerprint density at radius 3 is 2.74 bits per heavy atom. The number of aromatic nitrogens is 1. The fourth-order valence-electron chi connectivity index (χ4n) is 1.76. The number of phenols is 1. The van der Waals surface area contributed by atoms with Crippen LogP contribution in [-0.4, -0.2) is 17.2 Å². The summed E-state index contributed by atoms with van der Waals surface area (Å²) in [6.07, 6.45) is 1.68. The number of rotatable bonds is 4. The molecule has 2 rings (SSSR count). The summed E-state index contributed by atoms with van der Waals surface area (Å²) in [4.78, 5) is 4.01. The van der Waals surface area contributed by atoms with Crippen LogP contribution >= 0.6 is 11.6 Å². The van der Waals surface area contributed by atoms with Gasteiger partial charge in [-0.3, -0.25) is 0 Å². The minimum absolute atomic E-state index is 0.0532. The molecule has 0 fully saturated rings. The molecule has 100 valence electrons. The number of methoxy groups -OCH3 is 1. The topological polar surface area (TPSA) is 54.4 Å². The van der Waals surface area contributed by atoms with Gasteiger partial charge in [-0.2, -0.15) is 0 Å². The quantitative estimate of drug-likeness (QED) is 0.839. The van der Waals surface area contributed by atoms with Crippen molar-refractivity contribution in [1.82, 2.24) is 4.98 Å². The summed E-state index contributed by atoms with van der Waals surface area (Å²) in [5.41, 5.74) is 1.88. The number of halogens is 1. The highest BCUT2D eigenvalue weighted by Crippen LogP contribution is 2.30. The third-order valence-electron chi connectivity index (χ3n) is 2.81. The van der Waals surface area contributed by atoms with E-state index in [1.807, 2.05) is 19.1 Å². The number of benzene rings is 1. The third kappa shape index (κ3) is 3.29. The summed E-state index contributed by atoms with van der Waals surface area (Å²) in [5, 5.41) is 13.3. The van der Waals surface area contributed by atoms with E-state index in [1.165, 1.54) is 7.11 Å². The molecule has 0 amide bonds. The Bertz CT molecular complexity index is 558. The average Bonchev–Trinajstić information content (AvgIpc) is 2.42. The first-order chi connectivity index (χ1) is 9.10. The summed E-state index contributed by atoms with van der Waals surface area (Å²) in [6, 6.07) is 8.91. The van der Waals surface area contributed by atoms with Crippen molar-refractivity contribution in [1.29, 1.82) is 0 Å². The van der Waals surface area contributed by atoms with Crippen LogP contribution in [0.25, 0.3) is 0 Å². The highest BCUT2D eigenvalue weighted by molar-refractivity contribution is 6.29. The van der Waals surface area contributed by atoms with Gasteiger partial charge in [0.2, 0.25) is 0 Å². The van der Waals surface area contributed by atoms with Crippen LogP contribution < -0.4 is 10.1 Å². The normalized spacial score (nSPS) is 11.9. The zero-order valence-corrected chi connectivity index (χ0v) is 11.5. The first kappa shape index (κ1) is 13.5. The number of hydrogen-bond donors (Lipinski definition) is 2. The van der Waals surface area contributed by atoms with E-state index in [9.17, 15) is 5.11 Å². The molecule has 0 aliphatic rings. The molecule has 1 heterocycles. The molecule has 1 aromatic heterocycles. The van der Waals surface area contributed by atoms with Crippen LogP contribution in [0.3, 0.4) is 0 Å². The summed E-state index contributed by atoms with van der Waals surface area (Å²) >= 11 is 5.74. The number of nitrogens with one attached hydrogen (secondary N) is 1. The standard InChI is InChI=1S/C14H15ClN2O2/c1-9(17-11-4-6-14(15)16-8-11)10-3-5-12(18)13(7-10)19-2/h3-9,17-18H,1-2H3. The van der Waals surface area contributed by atoms with E-state index in [4.69, 9.17) is 16.3 Å². The minimum atomic E-state index is 0.0532. The van der Waals surface area contributed by atoms with Crippen LogP contribution in [0, 0.1) is 0 Å². The van der Waals surface area contributed by atoms with E-state index >= 15 is 0 Å². The Morgan fingerprint density at radius 2 is 2.11 bits per heavy atom. The smallest absolute Gasteiger partial charge is 0.160 e. The van der Waals surface area contributed by atoms with Gasteiger partial charge in [0, 0.05) is 6.04 Å². The zero-order chi connectivity index (χ0) is 13.8. The molecule has 2 aromatic rings. The fourth-order valence-corrected chi connectivity index (χ4v) is 1.87. The van der Waals surface area contributed by atoms with Gasteiger partial charge in [0.25, 0.3) is 0 Å². The molecule has 4 nitrogen and oxygen atoms in total. The number of pyridine rings is 1. The molecule has 2 N–H and O–H groups in total. The average molecular weight is 279 g/mol. The number of anilines is 1. The molecule has 0 aliphatic carbocycles. The maximum atomic E-state index is 9.57. The third-order valence-corrected chi connectivity index (χ3v) is 3.04. The summed E-state index contributed by atoms with van der Waals surface area (Å²) in [7, 11) is 1.53. The van der Waals surface area contributed by atoms with Gasteiger partial charge in [-0.25, -0.2) is 4.98 Å². The van der Waals surface area contributed by atoms with Crippen molar-refractivity contribution in [3.05, 3.63) is 47.2 Å². The molecule has 0 saturated carbocycles. The van der Waals surface area contributed by atoms with Crippen LogP contribution in [0.2, 0.25) is 5.15 Å². The highest BCUT2D eigenvalue weighted by Gasteiger charge is 2.09. The van der Waals surface area contributed by atoms with E-state index in [0.29, 0.717) is 10.9 Å². The second kappa shape index (κ2) is 5.80. The van der Waals surface area contributed by atoms with Gasteiger partial charge in [0.05, 0.1) is 19.0 Å². The van der Waals surface area contributed by atoms with Crippen molar-refractivity contribution >= 4 is 17.3 Å². The van der Waals surface area contributed by atoms with Crippen molar-refractivity contribution < 1.29 is 9.84 Å². The van der Waals surface area contributed by atoms with Gasteiger partial charge in [0.15, 0.2) is 11.5 Å². The van der Waals surface area contributed by atoms with Crippen LogP contribution in [0.5, 0.6) is 11.5 Å². The lowest BCUT2D eigenvalue weighted by Gasteiger charge is -2.16. The van der Waals surface area contributed by atoms with E-state index in [-0.39, 0.29) is 11.8 Å². The van der Waals surface area contributed by atoms with Crippen molar-refractivity contribution in [3.8, 4) is 11.5 Å². The van der Waals surface area contributed by atoms with Crippen molar-refractivity contribution in [3.63, 3.8) is 0 Å². The maximum Gasteiger partial charge on any atom is 0.160 e. The van der Waals surface area contributed by atoms with Crippen molar-refractivity contribution in [2.75, 3.05) is 12.4 Å². The number of nitrogens with zero attached hydrogens (tertiary/aromatic N) is 1. The Hall–Kier alpha value is -1.94. The maximum absolute atomic E-state index is 9.57. The van der Waals surface area contributed by atoms with E-state index in [0.717, 1.165) is 11.3 Å². The Balaban J connectivity index is 2.15. The highest BCUT2D eigenvalue weighted by atomic mass is 35.5. The molecule has 5 heteroatoms. The predicted molar refractivity (Wildman–Crippen MR) is 75.9 cm³/mol. The molecule has 0 bridgehead atoms. The summed E-state index contributed by atoms with van der Waals surface area (Å²) in [6.45, 7) is 2.01. The lowest BCUT2D eigenvalue weighted by Crippen LogP contribution is -2.06. The van der Waals surface area contributed by atoms with Crippen LogP contribution in [-0.2, 0) is 0 Å². The molecule has 1 aromatic carbocycles. The SMILES string of the molecule is COc1cc(C(C)Nc2ccc(Cl)nc2)ccc1O. The molecule has 0 spiro atoms. The lowest BCUT2D eigenvalue weighted by atomic mass is 10.1. The Kier molecular flexibility index (Phi) is 4.12. The van der Waals surface area contributed by atoms with Crippen LogP contribution in [0.1, 0.15) is 18.5 Å². The number of aromatic hydroxyl groups is 1. The van der Waals surface area contributed by atoms with Crippen molar-refractivity contribution in [2.45, 2.75) is 13.0 Å². The van der Waals surface area contributed by atoms with Crippen LogP contribution in [0.4, 0.5) is 5.69 Å². The van der Waals surface area contributed by atoms with Gasteiger partial charge in [-0.15, -0.1) is 0 Å². The molecule has 1 unspecified atom stereocenters. The number of hydrogen-bond acceptors (Lipinski definition) is 4. The molecule has 0 radical (unpaired) electrons. The summed E-state index contributed by atoms with van der Waals surface area (Å²) < 4.78 is 5.09. The van der Waals surface area contributed by atoms with Gasteiger partial charge < -0.3 is 15.2 Å². The van der Waals surface area contributed by atoms with E-state index < -0.39 is 0 Å². The van der Waals surface area contributed by atoms with Gasteiger partial charge in [-0.1, -0.05) is 17.7 Å². The molecule has 0 aliphatic heterocycles. The van der Waals surface area contributed by atoms with Crippen LogP contribution in [0.15, 0.2) is 36.5 Å². The lowest BCUT2D eigenvalue weighted by molar-refractivity contribution is 0.373. The molecular weight excluding hydrogens is 264 g/mol. The summed E-state index contributed by atoms with van der Waals surface area (Å²) in [5.74, 6) is 0.590. The number of phenolic OH excluding ortho intramolecular Hbond substituents is 1. The minimum Gasteiger partial charge on any atom is -0.504 e.